The molecule has 0 heterocycles. The predicted molar refractivity (Wildman–Crippen MR) is 105 cm³/mol. The molecule has 0 bridgehead atoms. The lowest BCUT2D eigenvalue weighted by molar-refractivity contribution is 0.392. The predicted octanol–water partition coefficient (Wildman–Crippen LogP) is 4.75. The van der Waals surface area contributed by atoms with Crippen LogP contribution >= 0.6 is 0 Å². The number of hydrogen-bond acceptors (Lipinski definition) is 5. The molecule has 0 amide bonds. The Morgan fingerprint density at radius 3 is 2.56 bits per heavy atom. The highest BCUT2D eigenvalue weighted by Crippen LogP contribution is 2.49. The van der Waals surface area contributed by atoms with Gasteiger partial charge in [0.2, 0.25) is 0 Å². The van der Waals surface area contributed by atoms with Crippen molar-refractivity contribution in [2.24, 2.45) is 5.92 Å². The number of phenolic OH excluding ortho intramolecular Hbond substituents is 2. The first-order chi connectivity index (χ1) is 12.6. The van der Waals surface area contributed by atoms with Crippen LogP contribution in [-0.4, -0.2) is 23.2 Å². The van der Waals surface area contributed by atoms with Crippen LogP contribution in [-0.2, 0) is 16.5 Å². The minimum Gasteiger partial charge on any atom is -0.744 e. The van der Waals surface area contributed by atoms with E-state index in [0.717, 1.165) is 36.8 Å². The molecule has 2 atom stereocenters. The number of rotatable bonds is 7. The number of aryl methyl sites for hydroxylation is 1. The molecule has 2 N–H and O–H groups in total. The first-order valence-corrected chi connectivity index (χ1v) is 10.8. The first kappa shape index (κ1) is 21.5. The quantitative estimate of drug-likeness (QED) is 0.396. The molecule has 0 saturated heterocycles. The largest absolute Gasteiger partial charge is 0.744 e. The zero-order valence-electron chi connectivity index (χ0n) is 16.3. The van der Waals surface area contributed by atoms with Crippen molar-refractivity contribution in [3.8, 4) is 11.5 Å². The third-order valence-corrected chi connectivity index (χ3v) is 6.32. The number of hydrogen-bond donors (Lipinski definition) is 2. The average molecular weight is 394 g/mol. The second-order valence-electron chi connectivity index (χ2n) is 7.59. The van der Waals surface area contributed by atoms with Gasteiger partial charge in [-0.15, -0.1) is 0 Å². The molecule has 0 unspecified atom stereocenters. The molecule has 5 nitrogen and oxygen atoms in total. The molecular weight excluding hydrogens is 364 g/mol. The van der Waals surface area contributed by atoms with E-state index in [0.29, 0.717) is 12.8 Å². The van der Waals surface area contributed by atoms with Crippen molar-refractivity contribution in [1.29, 1.82) is 0 Å². The zero-order chi connectivity index (χ0) is 20.4. The summed E-state index contributed by atoms with van der Waals surface area (Å²) in [6, 6.07) is 1.34. The highest BCUT2D eigenvalue weighted by Gasteiger charge is 2.32. The van der Waals surface area contributed by atoms with E-state index in [1.54, 1.807) is 0 Å². The molecule has 0 saturated carbocycles. The van der Waals surface area contributed by atoms with Crippen LogP contribution in [0.4, 0.5) is 0 Å². The molecule has 1 aromatic rings. The molecule has 1 aliphatic carbocycles. The maximum Gasteiger partial charge on any atom is 0.140 e. The summed E-state index contributed by atoms with van der Waals surface area (Å²) in [5, 5.41) is 21.4. The van der Waals surface area contributed by atoms with Crippen LogP contribution in [0, 0.1) is 5.92 Å². The van der Waals surface area contributed by atoms with Crippen molar-refractivity contribution < 1.29 is 23.2 Å². The fraction of sp³-hybridized carbons (Fsp3) is 0.524. The Bertz CT molecular complexity index is 852. The molecule has 150 valence electrons. The molecule has 1 aliphatic rings. The van der Waals surface area contributed by atoms with E-state index in [1.807, 2.05) is 26.8 Å². The van der Waals surface area contributed by atoms with Crippen LogP contribution in [0.5, 0.6) is 11.5 Å². The highest BCUT2D eigenvalue weighted by atomic mass is 32.2. The molecule has 0 aromatic heterocycles. The Hall–Kier alpha value is -1.79. The SMILES string of the molecule is C=C(C)[C@@H]1CCC(C)=C[C@H]1c1c(O)cc(CCCCC)c(S(=O)(=O)[O-])c1O. The normalized spacial score (nSPS) is 20.4. The van der Waals surface area contributed by atoms with Gasteiger partial charge in [0.05, 0.1) is 4.90 Å². The van der Waals surface area contributed by atoms with Gasteiger partial charge in [-0.05, 0) is 57.1 Å². The summed E-state index contributed by atoms with van der Waals surface area (Å²) in [6.45, 7) is 9.86. The van der Waals surface area contributed by atoms with Crippen molar-refractivity contribution >= 4 is 10.1 Å². The summed E-state index contributed by atoms with van der Waals surface area (Å²) in [5.41, 5.74) is 2.27. The Morgan fingerprint density at radius 2 is 2.00 bits per heavy atom. The van der Waals surface area contributed by atoms with Crippen LogP contribution in [0.3, 0.4) is 0 Å². The smallest absolute Gasteiger partial charge is 0.140 e. The van der Waals surface area contributed by atoms with E-state index in [4.69, 9.17) is 0 Å². The van der Waals surface area contributed by atoms with Crippen molar-refractivity contribution in [2.75, 3.05) is 0 Å². The number of allylic oxidation sites excluding steroid dienone is 3. The standard InChI is InChI=1S/C21H30O5S/c1-5-6-7-8-15-12-18(22)19(20(23)21(15)27(24,25)26)17-11-14(4)9-10-16(17)13(2)3/h11-12,16-17,22-23H,2,5-10H2,1,3-4H3,(H,24,25,26)/p-1/t16-,17+/m0/s1. The Labute approximate surface area is 162 Å². The van der Waals surface area contributed by atoms with Crippen LogP contribution in [0.1, 0.15) is 69.9 Å². The second kappa shape index (κ2) is 8.48. The fourth-order valence-corrected chi connectivity index (χ4v) is 4.80. The topological polar surface area (TPSA) is 97.7 Å². The third kappa shape index (κ3) is 4.74. The zero-order valence-corrected chi connectivity index (χ0v) is 17.1. The van der Waals surface area contributed by atoms with E-state index < -0.39 is 26.7 Å². The minimum atomic E-state index is -4.88. The molecule has 0 fully saturated rings. The maximum atomic E-state index is 11.9. The van der Waals surface area contributed by atoms with Crippen molar-refractivity contribution in [1.82, 2.24) is 0 Å². The summed E-state index contributed by atoms with van der Waals surface area (Å²) in [6.07, 6.45) is 6.38. The van der Waals surface area contributed by atoms with Gasteiger partial charge >= 0.3 is 0 Å². The van der Waals surface area contributed by atoms with Crippen LogP contribution in [0.2, 0.25) is 0 Å². The Morgan fingerprint density at radius 1 is 1.33 bits per heavy atom. The summed E-state index contributed by atoms with van der Waals surface area (Å²) < 4.78 is 35.7. The molecule has 0 spiro atoms. The monoisotopic (exact) mass is 393 g/mol. The Kier molecular flexibility index (Phi) is 6.76. The van der Waals surface area contributed by atoms with Crippen LogP contribution in [0.25, 0.3) is 0 Å². The molecule has 2 rings (SSSR count). The van der Waals surface area contributed by atoms with Crippen LogP contribution < -0.4 is 0 Å². The van der Waals surface area contributed by atoms with Gasteiger partial charge in [-0.25, -0.2) is 8.42 Å². The van der Waals surface area contributed by atoms with E-state index in [1.165, 1.54) is 6.07 Å². The first-order valence-electron chi connectivity index (χ1n) is 9.44. The molecule has 27 heavy (non-hydrogen) atoms. The van der Waals surface area contributed by atoms with Gasteiger partial charge in [-0.2, -0.15) is 0 Å². The molecule has 0 aliphatic heterocycles. The maximum absolute atomic E-state index is 11.9. The molecular formula is C21H29O5S-. The molecule has 0 radical (unpaired) electrons. The number of aromatic hydroxyl groups is 2. The van der Waals surface area contributed by atoms with Gasteiger partial charge < -0.3 is 14.8 Å². The van der Waals surface area contributed by atoms with Crippen LogP contribution in [0.15, 0.2) is 34.8 Å². The van der Waals surface area contributed by atoms with E-state index in [-0.39, 0.29) is 22.8 Å². The minimum absolute atomic E-state index is 0.0429. The highest BCUT2D eigenvalue weighted by molar-refractivity contribution is 7.86. The fourth-order valence-electron chi connectivity index (χ4n) is 3.97. The van der Waals surface area contributed by atoms with E-state index in [9.17, 15) is 23.2 Å². The van der Waals surface area contributed by atoms with Crippen molar-refractivity contribution in [2.45, 2.75) is 70.1 Å². The third-order valence-electron chi connectivity index (χ3n) is 5.36. The van der Waals surface area contributed by atoms with Gasteiger partial charge in [0.1, 0.15) is 21.6 Å². The van der Waals surface area contributed by atoms with E-state index >= 15 is 0 Å². The lowest BCUT2D eigenvalue weighted by atomic mass is 9.73. The van der Waals surface area contributed by atoms with Crippen molar-refractivity contribution in [3.63, 3.8) is 0 Å². The lowest BCUT2D eigenvalue weighted by Gasteiger charge is -2.32. The molecule has 1 aromatic carbocycles. The number of benzene rings is 1. The summed E-state index contributed by atoms with van der Waals surface area (Å²) in [4.78, 5) is -0.594. The van der Waals surface area contributed by atoms with Gasteiger partial charge in [0.25, 0.3) is 0 Å². The van der Waals surface area contributed by atoms with Gasteiger partial charge in [-0.3, -0.25) is 0 Å². The number of unbranched alkanes of at least 4 members (excludes halogenated alkanes) is 2. The number of phenols is 2. The van der Waals surface area contributed by atoms with Gasteiger partial charge in [0, 0.05) is 11.5 Å². The summed E-state index contributed by atoms with van der Waals surface area (Å²) >= 11 is 0. The van der Waals surface area contributed by atoms with Crippen molar-refractivity contribution in [3.05, 3.63) is 41.0 Å². The summed E-state index contributed by atoms with van der Waals surface area (Å²) in [5.74, 6) is -1.24. The average Bonchev–Trinajstić information content (AvgIpc) is 2.53. The Balaban J connectivity index is 2.67. The molecule has 6 heteroatoms. The van der Waals surface area contributed by atoms with E-state index in [2.05, 4.69) is 6.58 Å². The van der Waals surface area contributed by atoms with Gasteiger partial charge in [0.15, 0.2) is 0 Å². The summed E-state index contributed by atoms with van der Waals surface area (Å²) in [7, 11) is -4.88. The lowest BCUT2D eigenvalue weighted by Crippen LogP contribution is -2.18. The van der Waals surface area contributed by atoms with Gasteiger partial charge in [-0.1, -0.05) is 43.6 Å². The second-order valence-corrected chi connectivity index (χ2v) is 8.90.